The third-order valence-electron chi connectivity index (χ3n) is 4.58. The summed E-state index contributed by atoms with van der Waals surface area (Å²) < 4.78 is 1.32. The summed E-state index contributed by atoms with van der Waals surface area (Å²) in [5.74, 6) is 0. The minimum Gasteiger partial charge on any atom is -0.309 e. The summed E-state index contributed by atoms with van der Waals surface area (Å²) in [7, 11) is 0. The van der Waals surface area contributed by atoms with E-state index in [1.165, 1.54) is 54.3 Å². The Balaban J connectivity index is 1.63. The Bertz CT molecular complexity index is 404. The number of nitrogens with zero attached hydrogens (tertiary/aromatic N) is 1. The molecule has 0 aromatic heterocycles. The molecular weight excluding hydrogens is 347 g/mol. The molecule has 1 saturated heterocycles. The molecule has 1 aromatic rings. The van der Waals surface area contributed by atoms with Gasteiger partial charge in [-0.3, -0.25) is 4.90 Å². The number of piperazine rings is 1. The van der Waals surface area contributed by atoms with Gasteiger partial charge in [0, 0.05) is 35.3 Å². The molecule has 0 radical (unpaired) electrons. The highest BCUT2D eigenvalue weighted by Crippen LogP contribution is 2.31. The molecule has 3 rings (SSSR count). The fraction of sp³-hybridized carbons (Fsp3) is 0.625. The molecule has 0 bridgehead atoms. The van der Waals surface area contributed by atoms with E-state index >= 15 is 0 Å². The number of benzene rings is 1. The predicted octanol–water partition coefficient (Wildman–Crippen LogP) is 3.40. The lowest BCUT2D eigenvalue weighted by Crippen LogP contribution is -2.60. The zero-order chi connectivity index (χ0) is 13.1. The van der Waals surface area contributed by atoms with Crippen LogP contribution in [0.2, 0.25) is 0 Å². The maximum absolute atomic E-state index is 3.82. The minimum absolute atomic E-state index is 0.430. The van der Waals surface area contributed by atoms with Gasteiger partial charge in [0.25, 0.3) is 0 Å². The van der Waals surface area contributed by atoms with E-state index in [-0.39, 0.29) is 0 Å². The monoisotopic (exact) mass is 370 g/mol. The van der Waals surface area contributed by atoms with Gasteiger partial charge in [-0.15, -0.1) is 0 Å². The zero-order valence-corrected chi connectivity index (χ0v) is 13.7. The molecule has 2 nitrogen and oxygen atoms in total. The van der Waals surface area contributed by atoms with Gasteiger partial charge < -0.3 is 5.32 Å². The molecule has 1 saturated carbocycles. The molecule has 2 fully saturated rings. The fourth-order valence-corrected chi connectivity index (χ4v) is 3.95. The lowest BCUT2D eigenvalue weighted by molar-refractivity contribution is 0.0945. The third kappa shape index (κ3) is 3.50. The van der Waals surface area contributed by atoms with E-state index in [1.807, 2.05) is 0 Å². The van der Waals surface area contributed by atoms with Crippen LogP contribution in [0.5, 0.6) is 0 Å². The standard InChI is InChI=1S/C16H23IN2/c17-15-6-4-14(5-7-15)12-19-11-10-18-16(13-19)8-2-1-3-9-16/h4-7,18H,1-3,8-13H2. The maximum atomic E-state index is 3.82. The highest BCUT2D eigenvalue weighted by molar-refractivity contribution is 14.1. The van der Waals surface area contributed by atoms with E-state index in [9.17, 15) is 0 Å². The van der Waals surface area contributed by atoms with Gasteiger partial charge in [-0.25, -0.2) is 0 Å². The number of hydrogen-bond donors (Lipinski definition) is 1. The summed E-state index contributed by atoms with van der Waals surface area (Å²) in [5, 5.41) is 3.82. The normalized spacial score (nSPS) is 23.6. The van der Waals surface area contributed by atoms with Gasteiger partial charge in [0.05, 0.1) is 0 Å². The van der Waals surface area contributed by atoms with Crippen molar-refractivity contribution in [3.8, 4) is 0 Å². The smallest absolute Gasteiger partial charge is 0.0309 e. The van der Waals surface area contributed by atoms with Gasteiger partial charge in [0.1, 0.15) is 0 Å². The number of rotatable bonds is 2. The summed E-state index contributed by atoms with van der Waals surface area (Å²) in [4.78, 5) is 2.64. The van der Waals surface area contributed by atoms with Crippen LogP contribution in [-0.2, 0) is 6.54 Å². The van der Waals surface area contributed by atoms with Crippen LogP contribution >= 0.6 is 22.6 Å². The summed E-state index contributed by atoms with van der Waals surface area (Å²) in [6.45, 7) is 4.69. The van der Waals surface area contributed by atoms with Crippen molar-refractivity contribution in [2.75, 3.05) is 19.6 Å². The van der Waals surface area contributed by atoms with Crippen LogP contribution in [0, 0.1) is 3.57 Å². The van der Waals surface area contributed by atoms with Crippen molar-refractivity contribution in [1.82, 2.24) is 10.2 Å². The molecule has 2 aliphatic rings. The quantitative estimate of drug-likeness (QED) is 0.803. The number of halogens is 1. The second-order valence-corrected chi connectivity index (χ2v) is 7.35. The van der Waals surface area contributed by atoms with E-state index in [1.54, 1.807) is 0 Å². The van der Waals surface area contributed by atoms with E-state index in [4.69, 9.17) is 0 Å². The first-order chi connectivity index (χ1) is 9.26. The highest BCUT2D eigenvalue weighted by atomic mass is 127. The SMILES string of the molecule is Ic1ccc(CN2CCNC3(CCCCC3)C2)cc1. The number of hydrogen-bond acceptors (Lipinski definition) is 2. The van der Waals surface area contributed by atoms with Crippen LogP contribution in [0.25, 0.3) is 0 Å². The second kappa shape index (κ2) is 6.10. The Morgan fingerprint density at radius 3 is 2.58 bits per heavy atom. The topological polar surface area (TPSA) is 15.3 Å². The molecule has 104 valence electrons. The van der Waals surface area contributed by atoms with E-state index in [2.05, 4.69) is 57.1 Å². The second-order valence-electron chi connectivity index (χ2n) is 6.10. The van der Waals surface area contributed by atoms with Crippen LogP contribution in [0.4, 0.5) is 0 Å². The van der Waals surface area contributed by atoms with Crippen molar-refractivity contribution in [3.63, 3.8) is 0 Å². The fourth-order valence-electron chi connectivity index (χ4n) is 3.59. The van der Waals surface area contributed by atoms with Gasteiger partial charge in [-0.2, -0.15) is 0 Å². The van der Waals surface area contributed by atoms with Gasteiger partial charge in [-0.05, 0) is 53.1 Å². The average Bonchev–Trinajstić information content (AvgIpc) is 2.42. The van der Waals surface area contributed by atoms with Gasteiger partial charge in [-0.1, -0.05) is 31.4 Å². The Morgan fingerprint density at radius 1 is 1.11 bits per heavy atom. The zero-order valence-electron chi connectivity index (χ0n) is 11.5. The van der Waals surface area contributed by atoms with Crippen LogP contribution < -0.4 is 5.32 Å². The van der Waals surface area contributed by atoms with Crippen LogP contribution in [0.3, 0.4) is 0 Å². The molecule has 0 unspecified atom stereocenters. The predicted molar refractivity (Wildman–Crippen MR) is 88.3 cm³/mol. The summed E-state index contributed by atoms with van der Waals surface area (Å²) in [5.41, 5.74) is 1.88. The third-order valence-corrected chi connectivity index (χ3v) is 5.30. The van der Waals surface area contributed by atoms with Crippen LogP contribution in [0.1, 0.15) is 37.7 Å². The Morgan fingerprint density at radius 2 is 1.84 bits per heavy atom. The van der Waals surface area contributed by atoms with Gasteiger partial charge in [0.2, 0.25) is 0 Å². The Hall–Kier alpha value is -0.130. The highest BCUT2D eigenvalue weighted by Gasteiger charge is 2.35. The molecular formula is C16H23IN2. The van der Waals surface area contributed by atoms with Crippen molar-refractivity contribution >= 4 is 22.6 Å². The van der Waals surface area contributed by atoms with Crippen molar-refractivity contribution in [3.05, 3.63) is 33.4 Å². The molecule has 1 N–H and O–H groups in total. The van der Waals surface area contributed by atoms with Crippen molar-refractivity contribution in [2.45, 2.75) is 44.2 Å². The first-order valence-electron chi connectivity index (χ1n) is 7.48. The van der Waals surface area contributed by atoms with E-state index in [0.29, 0.717) is 5.54 Å². The first-order valence-corrected chi connectivity index (χ1v) is 8.56. The number of nitrogens with one attached hydrogen (secondary N) is 1. The lowest BCUT2D eigenvalue weighted by atomic mass is 9.80. The first kappa shape index (κ1) is 13.8. The largest absolute Gasteiger partial charge is 0.309 e. The molecule has 3 heteroatoms. The van der Waals surface area contributed by atoms with Crippen LogP contribution in [-0.4, -0.2) is 30.1 Å². The summed E-state index contributed by atoms with van der Waals surface area (Å²) >= 11 is 2.37. The van der Waals surface area contributed by atoms with Crippen molar-refractivity contribution in [1.29, 1.82) is 0 Å². The summed E-state index contributed by atoms with van der Waals surface area (Å²) in [6.07, 6.45) is 6.99. The lowest BCUT2D eigenvalue weighted by Gasteiger charge is -2.46. The van der Waals surface area contributed by atoms with Crippen molar-refractivity contribution < 1.29 is 0 Å². The van der Waals surface area contributed by atoms with E-state index in [0.717, 1.165) is 13.1 Å². The Labute approximate surface area is 130 Å². The maximum Gasteiger partial charge on any atom is 0.0309 e. The minimum atomic E-state index is 0.430. The average molecular weight is 370 g/mol. The molecule has 19 heavy (non-hydrogen) atoms. The molecule has 1 aliphatic heterocycles. The van der Waals surface area contributed by atoms with Gasteiger partial charge >= 0.3 is 0 Å². The van der Waals surface area contributed by atoms with Gasteiger partial charge in [0.15, 0.2) is 0 Å². The molecule has 0 atom stereocenters. The van der Waals surface area contributed by atoms with E-state index < -0.39 is 0 Å². The molecule has 1 heterocycles. The molecule has 0 amide bonds. The summed E-state index contributed by atoms with van der Waals surface area (Å²) in [6, 6.07) is 8.98. The van der Waals surface area contributed by atoms with Crippen LogP contribution in [0.15, 0.2) is 24.3 Å². The van der Waals surface area contributed by atoms with Crippen molar-refractivity contribution in [2.24, 2.45) is 0 Å². The molecule has 1 spiro atoms. The Kier molecular flexibility index (Phi) is 4.44. The molecule has 1 aromatic carbocycles. The molecule has 1 aliphatic carbocycles.